The van der Waals surface area contributed by atoms with Crippen molar-refractivity contribution in [2.24, 2.45) is 0 Å². The third kappa shape index (κ3) is 13.1. The molecular weight excluding hydrogens is 444 g/mol. The molecule has 6 heteroatoms. The van der Waals surface area contributed by atoms with E-state index < -0.39 is 11.9 Å². The van der Waals surface area contributed by atoms with E-state index in [4.69, 9.17) is 20.4 Å². The minimum atomic E-state index is -0.875. The van der Waals surface area contributed by atoms with Crippen molar-refractivity contribution in [3.8, 4) is 0 Å². The molecule has 0 saturated carbocycles. The summed E-state index contributed by atoms with van der Waals surface area (Å²) in [5.41, 5.74) is 3.14. The first-order valence-corrected chi connectivity index (χ1v) is 12.1. The van der Waals surface area contributed by atoms with E-state index >= 15 is 0 Å². The zero-order valence-corrected chi connectivity index (χ0v) is 22.5. The number of aliphatic hydroxyl groups is 2. The van der Waals surface area contributed by atoms with Gasteiger partial charge in [0.1, 0.15) is 0 Å². The van der Waals surface area contributed by atoms with Gasteiger partial charge in [-0.25, -0.2) is 9.59 Å². The van der Waals surface area contributed by atoms with Gasteiger partial charge < -0.3 is 20.4 Å². The van der Waals surface area contributed by atoms with Crippen LogP contribution in [0, 0.1) is 0 Å². The molecule has 0 fully saturated rings. The lowest BCUT2D eigenvalue weighted by Crippen LogP contribution is -2.15. The number of aromatic carboxylic acids is 2. The van der Waals surface area contributed by atoms with Gasteiger partial charge in [-0.3, -0.25) is 0 Å². The van der Waals surface area contributed by atoms with E-state index in [1.807, 2.05) is 38.1 Å². The molecule has 6 nitrogen and oxygen atoms in total. The fraction of sp³-hybridized carbons (Fsp3) is 0.517. The fourth-order valence-electron chi connectivity index (χ4n) is 2.87. The van der Waals surface area contributed by atoms with Crippen molar-refractivity contribution in [2.45, 2.75) is 97.7 Å². The molecule has 0 aromatic heterocycles. The number of carboxylic acids is 2. The Hall–Kier alpha value is -2.70. The van der Waals surface area contributed by atoms with Crippen LogP contribution in [0.5, 0.6) is 0 Å². The number of hydrogen-bond donors (Lipinski definition) is 4. The van der Waals surface area contributed by atoms with Crippen LogP contribution >= 0.6 is 0 Å². The van der Waals surface area contributed by atoms with Crippen molar-refractivity contribution in [1.82, 2.24) is 0 Å². The maximum atomic E-state index is 10.6. The van der Waals surface area contributed by atoms with Gasteiger partial charge in [-0.1, -0.05) is 79.7 Å². The normalized spacial score (nSPS) is 12.9. The molecule has 0 heterocycles. The Labute approximate surface area is 210 Å². The second-order valence-electron chi connectivity index (χ2n) is 10.6. The zero-order chi connectivity index (χ0) is 27.4. The molecule has 2 aromatic rings. The maximum absolute atomic E-state index is 10.6. The van der Waals surface area contributed by atoms with Gasteiger partial charge >= 0.3 is 11.9 Å². The van der Waals surface area contributed by atoms with Crippen molar-refractivity contribution in [1.29, 1.82) is 0 Å². The molecule has 0 bridgehead atoms. The molecule has 0 aliphatic carbocycles. The third-order valence-electron chi connectivity index (χ3n) is 5.48. The van der Waals surface area contributed by atoms with E-state index in [0.29, 0.717) is 17.5 Å². The summed E-state index contributed by atoms with van der Waals surface area (Å²) in [4.78, 5) is 21.1. The monoisotopic (exact) mass is 488 g/mol. The molecule has 0 aliphatic rings. The van der Waals surface area contributed by atoms with Gasteiger partial charge in [0.15, 0.2) is 0 Å². The predicted molar refractivity (Wildman–Crippen MR) is 141 cm³/mol. The van der Waals surface area contributed by atoms with Crippen LogP contribution in [0.3, 0.4) is 0 Å². The van der Waals surface area contributed by atoms with E-state index in [1.54, 1.807) is 24.3 Å². The average molecular weight is 489 g/mol. The topological polar surface area (TPSA) is 115 Å². The summed E-state index contributed by atoms with van der Waals surface area (Å²) in [6.45, 7) is 16.4. The highest BCUT2D eigenvalue weighted by atomic mass is 16.4. The molecule has 196 valence electrons. The maximum Gasteiger partial charge on any atom is 0.335 e. The van der Waals surface area contributed by atoms with Gasteiger partial charge in [0.05, 0.1) is 23.3 Å². The van der Waals surface area contributed by atoms with Gasteiger partial charge in [-0.15, -0.1) is 0 Å². The minimum absolute atomic E-state index is 0.0804. The van der Waals surface area contributed by atoms with Crippen molar-refractivity contribution in [2.75, 3.05) is 0 Å². The van der Waals surface area contributed by atoms with Crippen LogP contribution in [-0.4, -0.2) is 44.6 Å². The van der Waals surface area contributed by atoms with Crippen molar-refractivity contribution in [3.63, 3.8) is 0 Å². The number of carboxylic acid groups (broad SMARTS) is 2. The van der Waals surface area contributed by atoms with Crippen LogP contribution in [-0.2, 0) is 10.8 Å². The van der Waals surface area contributed by atoms with Gasteiger partial charge in [-0.2, -0.15) is 0 Å². The quantitative estimate of drug-likeness (QED) is 0.380. The molecule has 2 rings (SSSR count). The Morgan fingerprint density at radius 2 is 0.886 bits per heavy atom. The second kappa shape index (κ2) is 14.6. The Kier molecular flexibility index (Phi) is 13.5. The van der Waals surface area contributed by atoms with Crippen LogP contribution < -0.4 is 0 Å². The lowest BCUT2D eigenvalue weighted by molar-refractivity contribution is 0.0686. The van der Waals surface area contributed by atoms with Crippen LogP contribution in [0.4, 0.5) is 0 Å². The van der Waals surface area contributed by atoms with E-state index in [0.717, 1.165) is 24.0 Å². The van der Waals surface area contributed by atoms with Crippen LogP contribution in [0.25, 0.3) is 0 Å². The van der Waals surface area contributed by atoms with Gasteiger partial charge in [0, 0.05) is 0 Å². The standard InChI is InChI=1S/2C11H14O2.C7H16O2/c2*1-11(2,3)9-6-4-8(5-7-9)10(12)13;1-3-6(8)5-7(9)4-2/h2*4-7H,1-3H3,(H,12,13);6-9H,3-5H2,1-2H3. The summed E-state index contributed by atoms with van der Waals surface area (Å²) in [6.07, 6.45) is 1.35. The number of aliphatic hydroxyl groups excluding tert-OH is 2. The van der Waals surface area contributed by atoms with E-state index in [1.165, 1.54) is 0 Å². The van der Waals surface area contributed by atoms with Gasteiger partial charge in [0.2, 0.25) is 0 Å². The van der Waals surface area contributed by atoms with E-state index in [-0.39, 0.29) is 23.0 Å². The molecule has 2 aromatic carbocycles. The predicted octanol–water partition coefficient (Wildman–Crippen LogP) is 6.28. The summed E-state index contributed by atoms with van der Waals surface area (Å²) in [6, 6.07) is 14.0. The molecule has 0 saturated heterocycles. The third-order valence-corrected chi connectivity index (χ3v) is 5.48. The lowest BCUT2D eigenvalue weighted by atomic mass is 9.87. The van der Waals surface area contributed by atoms with Crippen molar-refractivity contribution in [3.05, 3.63) is 70.8 Å². The molecule has 0 amide bonds. The number of benzene rings is 2. The van der Waals surface area contributed by atoms with E-state index in [9.17, 15) is 9.59 Å². The Morgan fingerprint density at radius 3 is 1.06 bits per heavy atom. The highest BCUT2D eigenvalue weighted by Gasteiger charge is 2.14. The molecule has 35 heavy (non-hydrogen) atoms. The summed E-state index contributed by atoms with van der Waals surface area (Å²) in [7, 11) is 0. The number of rotatable bonds is 6. The lowest BCUT2D eigenvalue weighted by Gasteiger charge is -2.18. The molecule has 2 unspecified atom stereocenters. The highest BCUT2D eigenvalue weighted by Crippen LogP contribution is 2.23. The van der Waals surface area contributed by atoms with Gasteiger partial charge in [0.25, 0.3) is 0 Å². The largest absolute Gasteiger partial charge is 0.478 e. The minimum Gasteiger partial charge on any atom is -0.478 e. The average Bonchev–Trinajstić information content (AvgIpc) is 2.78. The first kappa shape index (κ1) is 32.3. The molecular formula is C29H44O6. The van der Waals surface area contributed by atoms with Gasteiger partial charge in [-0.05, 0) is 65.5 Å². The summed E-state index contributed by atoms with van der Waals surface area (Å²) < 4.78 is 0. The number of carbonyl (C=O) groups is 2. The highest BCUT2D eigenvalue weighted by molar-refractivity contribution is 5.88. The molecule has 0 spiro atoms. The Balaban J connectivity index is 0.000000506. The SMILES string of the molecule is CC(C)(C)c1ccc(C(=O)O)cc1.CC(C)(C)c1ccc(C(=O)O)cc1.CCC(O)CC(O)CC. The molecule has 2 atom stereocenters. The molecule has 0 aliphatic heterocycles. The van der Waals surface area contributed by atoms with Crippen LogP contribution in [0.2, 0.25) is 0 Å². The van der Waals surface area contributed by atoms with E-state index in [2.05, 4.69) is 41.5 Å². The van der Waals surface area contributed by atoms with Crippen molar-refractivity contribution >= 4 is 11.9 Å². The summed E-state index contributed by atoms with van der Waals surface area (Å²) >= 11 is 0. The van der Waals surface area contributed by atoms with Crippen LogP contribution in [0.1, 0.15) is 106 Å². The molecule has 4 N–H and O–H groups in total. The first-order chi connectivity index (χ1) is 16.0. The summed E-state index contributed by atoms with van der Waals surface area (Å²) in [5, 5.41) is 35.4. The molecule has 0 radical (unpaired) electrons. The smallest absolute Gasteiger partial charge is 0.335 e. The fourth-order valence-corrected chi connectivity index (χ4v) is 2.87. The Morgan fingerprint density at radius 1 is 0.629 bits per heavy atom. The second-order valence-corrected chi connectivity index (χ2v) is 10.6. The first-order valence-electron chi connectivity index (χ1n) is 12.1. The zero-order valence-electron chi connectivity index (χ0n) is 22.5. The summed E-state index contributed by atoms with van der Waals surface area (Å²) in [5.74, 6) is -1.75. The van der Waals surface area contributed by atoms with Crippen LogP contribution in [0.15, 0.2) is 48.5 Å². The van der Waals surface area contributed by atoms with Crippen molar-refractivity contribution < 1.29 is 30.0 Å². The number of hydrogen-bond acceptors (Lipinski definition) is 4. The Bertz CT molecular complexity index is 811.